The quantitative estimate of drug-likeness (QED) is 0.606. The Labute approximate surface area is 116 Å². The lowest BCUT2D eigenvalue weighted by Gasteiger charge is -2.25. The zero-order valence-electron chi connectivity index (χ0n) is 11.3. The second-order valence-corrected chi connectivity index (χ2v) is 4.48. The molecule has 1 unspecified atom stereocenters. The van der Waals surface area contributed by atoms with Crippen LogP contribution in [-0.4, -0.2) is 35.7 Å². The van der Waals surface area contributed by atoms with Crippen molar-refractivity contribution in [1.29, 1.82) is 0 Å². The van der Waals surface area contributed by atoms with Gasteiger partial charge in [0.1, 0.15) is 12.2 Å². The molecule has 0 aliphatic carbocycles. The summed E-state index contributed by atoms with van der Waals surface area (Å²) in [5.41, 5.74) is -0.540. The van der Waals surface area contributed by atoms with E-state index in [0.29, 0.717) is 12.9 Å². The van der Waals surface area contributed by atoms with Gasteiger partial charge < -0.3 is 14.6 Å². The highest BCUT2D eigenvalue weighted by Crippen LogP contribution is 2.15. The van der Waals surface area contributed by atoms with Gasteiger partial charge in [-0.15, -0.1) is 0 Å². The molecule has 1 atom stereocenters. The molecule has 1 aromatic carbocycles. The predicted molar refractivity (Wildman–Crippen MR) is 69.5 cm³/mol. The van der Waals surface area contributed by atoms with Crippen LogP contribution in [0.4, 0.5) is 0 Å². The number of hydrogen-bond acceptors (Lipinski definition) is 5. The van der Waals surface area contributed by atoms with Gasteiger partial charge in [0.05, 0.1) is 11.1 Å². The maximum atomic E-state index is 11.8. The number of carboxylic acids is 1. The number of carboxylic acid groups (broad SMARTS) is 1. The Balaban J connectivity index is 2.67. The first-order valence-electron chi connectivity index (χ1n) is 6.04. The summed E-state index contributed by atoms with van der Waals surface area (Å²) < 4.78 is 9.95. The van der Waals surface area contributed by atoms with Crippen LogP contribution in [0, 0.1) is 0 Å². The van der Waals surface area contributed by atoms with Crippen molar-refractivity contribution in [2.75, 3.05) is 6.61 Å². The molecule has 0 aliphatic heterocycles. The molecule has 0 amide bonds. The molecule has 0 saturated heterocycles. The average molecular weight is 280 g/mol. The third-order valence-electron chi connectivity index (χ3n) is 2.96. The van der Waals surface area contributed by atoms with Gasteiger partial charge in [-0.3, -0.25) is 4.79 Å². The molecule has 0 bridgehead atoms. The highest BCUT2D eigenvalue weighted by atomic mass is 16.6. The van der Waals surface area contributed by atoms with Crippen molar-refractivity contribution in [3.05, 3.63) is 35.4 Å². The van der Waals surface area contributed by atoms with Crippen LogP contribution in [0.3, 0.4) is 0 Å². The summed E-state index contributed by atoms with van der Waals surface area (Å²) >= 11 is 0. The summed E-state index contributed by atoms with van der Waals surface area (Å²) in [7, 11) is 0. The normalized spacial score (nSPS) is 13.1. The smallest absolute Gasteiger partial charge is 0.338 e. The van der Waals surface area contributed by atoms with Crippen LogP contribution in [0.5, 0.6) is 0 Å². The molecule has 20 heavy (non-hydrogen) atoms. The van der Waals surface area contributed by atoms with E-state index in [1.54, 1.807) is 13.8 Å². The second-order valence-electron chi connectivity index (χ2n) is 4.48. The SMILES string of the molecule is CCC(C)(COC(=O)c1ccc(C(=O)O)cc1)OC=O. The van der Waals surface area contributed by atoms with Gasteiger partial charge >= 0.3 is 11.9 Å². The Morgan fingerprint density at radius 2 is 1.80 bits per heavy atom. The fourth-order valence-corrected chi connectivity index (χ4v) is 1.39. The van der Waals surface area contributed by atoms with E-state index in [1.165, 1.54) is 24.3 Å². The lowest BCUT2D eigenvalue weighted by atomic mass is 10.1. The van der Waals surface area contributed by atoms with Crippen molar-refractivity contribution in [2.45, 2.75) is 25.9 Å². The Morgan fingerprint density at radius 3 is 2.25 bits per heavy atom. The van der Waals surface area contributed by atoms with Crippen LogP contribution in [0.15, 0.2) is 24.3 Å². The lowest BCUT2D eigenvalue weighted by molar-refractivity contribution is -0.146. The molecular weight excluding hydrogens is 264 g/mol. The lowest BCUT2D eigenvalue weighted by Crippen LogP contribution is -2.34. The number of ether oxygens (including phenoxy) is 2. The van der Waals surface area contributed by atoms with Crippen LogP contribution in [0.2, 0.25) is 0 Å². The number of hydrogen-bond donors (Lipinski definition) is 1. The zero-order chi connectivity index (χ0) is 15.2. The Kier molecular flexibility index (Phi) is 5.25. The molecule has 0 heterocycles. The minimum atomic E-state index is -1.07. The minimum Gasteiger partial charge on any atom is -0.478 e. The molecule has 1 aromatic rings. The summed E-state index contributed by atoms with van der Waals surface area (Å²) in [5, 5.41) is 8.75. The Hall–Kier alpha value is -2.37. The number of aromatic carboxylic acids is 1. The molecule has 0 fully saturated rings. The molecule has 1 N–H and O–H groups in total. The van der Waals surface area contributed by atoms with Gasteiger partial charge in [-0.25, -0.2) is 9.59 Å². The van der Waals surface area contributed by atoms with E-state index in [-0.39, 0.29) is 17.7 Å². The third kappa shape index (κ3) is 4.08. The van der Waals surface area contributed by atoms with Crippen LogP contribution < -0.4 is 0 Å². The van der Waals surface area contributed by atoms with Gasteiger partial charge in [-0.05, 0) is 37.6 Å². The zero-order valence-corrected chi connectivity index (χ0v) is 11.3. The summed E-state index contributed by atoms with van der Waals surface area (Å²) in [6.45, 7) is 3.71. The van der Waals surface area contributed by atoms with E-state index < -0.39 is 17.5 Å². The number of benzene rings is 1. The van der Waals surface area contributed by atoms with E-state index in [0.717, 1.165) is 0 Å². The summed E-state index contributed by atoms with van der Waals surface area (Å²) in [5.74, 6) is -1.67. The molecular formula is C14H16O6. The van der Waals surface area contributed by atoms with Gasteiger partial charge in [0.25, 0.3) is 6.47 Å². The largest absolute Gasteiger partial charge is 0.478 e. The fraction of sp³-hybridized carbons (Fsp3) is 0.357. The Bertz CT molecular complexity index is 493. The molecule has 6 heteroatoms. The van der Waals surface area contributed by atoms with Crippen molar-refractivity contribution in [1.82, 2.24) is 0 Å². The van der Waals surface area contributed by atoms with Crippen molar-refractivity contribution >= 4 is 18.4 Å². The molecule has 0 aromatic heterocycles. The van der Waals surface area contributed by atoms with E-state index in [4.69, 9.17) is 14.6 Å². The third-order valence-corrected chi connectivity index (χ3v) is 2.96. The van der Waals surface area contributed by atoms with Gasteiger partial charge in [0.15, 0.2) is 0 Å². The number of carbonyl (C=O) groups excluding carboxylic acids is 2. The Morgan fingerprint density at radius 1 is 1.25 bits per heavy atom. The first-order valence-corrected chi connectivity index (χ1v) is 6.04. The molecule has 0 radical (unpaired) electrons. The van der Waals surface area contributed by atoms with Gasteiger partial charge in [0.2, 0.25) is 0 Å². The molecule has 6 nitrogen and oxygen atoms in total. The van der Waals surface area contributed by atoms with Crippen molar-refractivity contribution < 1.29 is 29.0 Å². The van der Waals surface area contributed by atoms with Crippen LogP contribution in [0.1, 0.15) is 41.0 Å². The maximum absolute atomic E-state index is 11.8. The van der Waals surface area contributed by atoms with E-state index in [2.05, 4.69) is 0 Å². The van der Waals surface area contributed by atoms with Crippen molar-refractivity contribution in [3.63, 3.8) is 0 Å². The topological polar surface area (TPSA) is 89.9 Å². The monoisotopic (exact) mass is 280 g/mol. The van der Waals surface area contributed by atoms with Gasteiger partial charge in [-0.2, -0.15) is 0 Å². The molecule has 108 valence electrons. The molecule has 0 aliphatic rings. The van der Waals surface area contributed by atoms with Crippen LogP contribution in [0.25, 0.3) is 0 Å². The summed E-state index contributed by atoms with van der Waals surface area (Å²) in [6.07, 6.45) is 0.497. The molecule has 0 spiro atoms. The summed E-state index contributed by atoms with van der Waals surface area (Å²) in [6, 6.07) is 5.38. The van der Waals surface area contributed by atoms with Crippen molar-refractivity contribution in [2.24, 2.45) is 0 Å². The highest BCUT2D eigenvalue weighted by molar-refractivity contribution is 5.92. The first kappa shape index (κ1) is 15.7. The van der Waals surface area contributed by atoms with E-state index >= 15 is 0 Å². The van der Waals surface area contributed by atoms with Gasteiger partial charge in [-0.1, -0.05) is 6.92 Å². The fourth-order valence-electron chi connectivity index (χ4n) is 1.39. The first-order chi connectivity index (χ1) is 9.41. The summed E-state index contributed by atoms with van der Waals surface area (Å²) in [4.78, 5) is 32.8. The van der Waals surface area contributed by atoms with Crippen LogP contribution >= 0.6 is 0 Å². The number of esters is 1. The van der Waals surface area contributed by atoms with E-state index in [9.17, 15) is 14.4 Å². The predicted octanol–water partition coefficient (Wildman–Crippen LogP) is 1.88. The van der Waals surface area contributed by atoms with Gasteiger partial charge in [0, 0.05) is 0 Å². The molecule has 0 saturated carbocycles. The maximum Gasteiger partial charge on any atom is 0.338 e. The standard InChI is InChI=1S/C14H16O6/c1-3-14(2,20-9-15)8-19-13(18)11-6-4-10(5-7-11)12(16)17/h4-7,9H,3,8H2,1-2H3,(H,16,17). The minimum absolute atomic E-state index is 0.0677. The second kappa shape index (κ2) is 6.70. The van der Waals surface area contributed by atoms with E-state index in [1.807, 2.05) is 0 Å². The highest BCUT2D eigenvalue weighted by Gasteiger charge is 2.26. The molecule has 1 rings (SSSR count). The number of rotatable bonds is 7. The van der Waals surface area contributed by atoms with Crippen LogP contribution in [-0.2, 0) is 14.3 Å². The van der Waals surface area contributed by atoms with Crippen molar-refractivity contribution in [3.8, 4) is 0 Å². The average Bonchev–Trinajstić information content (AvgIpc) is 2.45. The number of carbonyl (C=O) groups is 3.